The van der Waals surface area contributed by atoms with Gasteiger partial charge in [0, 0.05) is 38.8 Å². The first-order valence-corrected chi connectivity index (χ1v) is 8.60. The maximum atomic E-state index is 12.5. The summed E-state index contributed by atoms with van der Waals surface area (Å²) < 4.78 is 37.4. The van der Waals surface area contributed by atoms with Crippen LogP contribution in [0.5, 0.6) is 0 Å². The minimum atomic E-state index is -4.13. The van der Waals surface area contributed by atoms with Crippen molar-refractivity contribution >= 4 is 17.6 Å². The molecule has 25 heavy (non-hydrogen) atoms. The number of hydrogen-bond acceptors (Lipinski definition) is 2. The first-order chi connectivity index (χ1) is 11.8. The largest absolute Gasteiger partial charge is 0.401 e. The van der Waals surface area contributed by atoms with Crippen molar-refractivity contribution in [2.75, 3.05) is 40.3 Å². The molecular weight excluding hydrogens is 353 g/mol. The molecule has 1 heterocycles. The van der Waals surface area contributed by atoms with E-state index in [1.807, 2.05) is 36.2 Å². The summed E-state index contributed by atoms with van der Waals surface area (Å²) in [5.74, 6) is 0.910. The Morgan fingerprint density at radius 2 is 2.20 bits per heavy atom. The van der Waals surface area contributed by atoms with Gasteiger partial charge in [-0.05, 0) is 36.6 Å². The molecule has 0 aliphatic carbocycles. The number of rotatable bonds is 5. The summed E-state index contributed by atoms with van der Waals surface area (Å²) in [5, 5.41) is 3.95. The standard InChI is InChI=1S/C17H24ClF3N4/c1-22-16(24(2)10-13-4-3-5-15(18)8-13)23-9-14-6-7-25(11-14)12-17(19,20)21/h3-5,8,14H,6-7,9-12H2,1-2H3,(H,22,23). The minimum absolute atomic E-state index is 0.193. The lowest BCUT2D eigenvalue weighted by Crippen LogP contribution is -2.41. The lowest BCUT2D eigenvalue weighted by atomic mass is 10.1. The van der Waals surface area contributed by atoms with Gasteiger partial charge in [-0.3, -0.25) is 9.89 Å². The molecule has 1 fully saturated rings. The van der Waals surface area contributed by atoms with Gasteiger partial charge in [0.2, 0.25) is 0 Å². The Morgan fingerprint density at radius 3 is 2.84 bits per heavy atom. The lowest BCUT2D eigenvalue weighted by molar-refractivity contribution is -0.143. The third kappa shape index (κ3) is 6.74. The molecule has 4 nitrogen and oxygen atoms in total. The van der Waals surface area contributed by atoms with Gasteiger partial charge in [-0.2, -0.15) is 13.2 Å². The second-order valence-corrected chi connectivity index (χ2v) is 6.86. The Bertz CT molecular complexity index is 592. The fourth-order valence-corrected chi connectivity index (χ4v) is 3.29. The zero-order chi connectivity index (χ0) is 18.4. The molecule has 140 valence electrons. The SMILES string of the molecule is CN=C(NCC1CCN(CC(F)(F)F)C1)N(C)Cc1cccc(Cl)c1. The summed E-state index contributed by atoms with van der Waals surface area (Å²) in [6.07, 6.45) is -3.37. The molecule has 0 aromatic heterocycles. The van der Waals surface area contributed by atoms with E-state index >= 15 is 0 Å². The van der Waals surface area contributed by atoms with Gasteiger partial charge in [-0.15, -0.1) is 0 Å². The maximum absolute atomic E-state index is 12.5. The average Bonchev–Trinajstić information content (AvgIpc) is 2.93. The number of guanidine groups is 1. The van der Waals surface area contributed by atoms with Gasteiger partial charge in [0.1, 0.15) is 0 Å². The van der Waals surface area contributed by atoms with E-state index in [1.54, 1.807) is 7.05 Å². The van der Waals surface area contributed by atoms with Crippen LogP contribution in [0.1, 0.15) is 12.0 Å². The second kappa shape index (κ2) is 8.76. The van der Waals surface area contributed by atoms with Gasteiger partial charge in [-0.25, -0.2) is 0 Å². The Balaban J connectivity index is 1.80. The molecule has 2 rings (SSSR count). The molecule has 1 N–H and O–H groups in total. The summed E-state index contributed by atoms with van der Waals surface area (Å²) >= 11 is 6.00. The molecular formula is C17H24ClF3N4. The van der Waals surface area contributed by atoms with Crippen molar-refractivity contribution in [2.24, 2.45) is 10.9 Å². The Kier molecular flexibility index (Phi) is 6.95. The van der Waals surface area contributed by atoms with Crippen LogP contribution in [0.25, 0.3) is 0 Å². The van der Waals surface area contributed by atoms with Crippen molar-refractivity contribution in [1.29, 1.82) is 0 Å². The van der Waals surface area contributed by atoms with Crippen LogP contribution in [0.4, 0.5) is 13.2 Å². The normalized spacial score (nSPS) is 19.3. The topological polar surface area (TPSA) is 30.9 Å². The molecule has 0 saturated carbocycles. The fraction of sp³-hybridized carbons (Fsp3) is 0.588. The third-order valence-corrected chi connectivity index (χ3v) is 4.44. The number of alkyl halides is 3. The molecule has 0 spiro atoms. The van der Waals surface area contributed by atoms with Crippen LogP contribution in [0.15, 0.2) is 29.3 Å². The van der Waals surface area contributed by atoms with Crippen molar-refractivity contribution in [3.63, 3.8) is 0 Å². The number of hydrogen-bond donors (Lipinski definition) is 1. The highest BCUT2D eigenvalue weighted by Crippen LogP contribution is 2.22. The number of benzene rings is 1. The van der Waals surface area contributed by atoms with Crippen LogP contribution in [0.3, 0.4) is 0 Å². The molecule has 1 aliphatic heterocycles. The molecule has 1 aromatic rings. The van der Waals surface area contributed by atoms with Crippen LogP contribution in [0, 0.1) is 5.92 Å². The van der Waals surface area contributed by atoms with E-state index in [2.05, 4.69) is 10.3 Å². The van der Waals surface area contributed by atoms with E-state index < -0.39 is 12.7 Å². The summed E-state index contributed by atoms with van der Waals surface area (Å²) in [7, 11) is 3.61. The van der Waals surface area contributed by atoms with E-state index in [-0.39, 0.29) is 5.92 Å². The predicted octanol–water partition coefficient (Wildman–Crippen LogP) is 3.23. The summed E-state index contributed by atoms with van der Waals surface area (Å²) in [6.45, 7) is 1.38. The predicted molar refractivity (Wildman–Crippen MR) is 94.9 cm³/mol. The average molecular weight is 377 g/mol. The van der Waals surface area contributed by atoms with E-state index in [0.717, 1.165) is 12.0 Å². The van der Waals surface area contributed by atoms with E-state index in [1.165, 1.54) is 4.90 Å². The first kappa shape index (κ1) is 19.8. The van der Waals surface area contributed by atoms with Crippen LogP contribution < -0.4 is 5.32 Å². The monoisotopic (exact) mass is 376 g/mol. The zero-order valence-electron chi connectivity index (χ0n) is 14.5. The van der Waals surface area contributed by atoms with E-state index in [0.29, 0.717) is 37.2 Å². The summed E-state index contributed by atoms with van der Waals surface area (Å²) in [4.78, 5) is 7.68. The molecule has 0 bridgehead atoms. The van der Waals surface area contributed by atoms with Crippen molar-refractivity contribution in [3.05, 3.63) is 34.9 Å². The number of nitrogens with zero attached hydrogens (tertiary/aromatic N) is 3. The van der Waals surface area contributed by atoms with E-state index in [4.69, 9.17) is 11.6 Å². The second-order valence-electron chi connectivity index (χ2n) is 6.42. The minimum Gasteiger partial charge on any atom is -0.356 e. The van der Waals surface area contributed by atoms with Gasteiger partial charge in [0.05, 0.1) is 6.54 Å². The third-order valence-electron chi connectivity index (χ3n) is 4.20. The van der Waals surface area contributed by atoms with Crippen molar-refractivity contribution in [3.8, 4) is 0 Å². The van der Waals surface area contributed by atoms with Crippen molar-refractivity contribution in [2.45, 2.75) is 19.1 Å². The van der Waals surface area contributed by atoms with Gasteiger partial charge >= 0.3 is 6.18 Å². The molecule has 1 aromatic carbocycles. The zero-order valence-corrected chi connectivity index (χ0v) is 15.2. The first-order valence-electron chi connectivity index (χ1n) is 8.22. The van der Waals surface area contributed by atoms with Gasteiger partial charge in [-0.1, -0.05) is 23.7 Å². The smallest absolute Gasteiger partial charge is 0.356 e. The summed E-state index contributed by atoms with van der Waals surface area (Å²) in [5.41, 5.74) is 1.06. The number of likely N-dealkylation sites (tertiary alicyclic amines) is 1. The highest BCUT2D eigenvalue weighted by Gasteiger charge is 2.34. The van der Waals surface area contributed by atoms with E-state index in [9.17, 15) is 13.2 Å². The molecule has 8 heteroatoms. The molecule has 0 amide bonds. The quantitative estimate of drug-likeness (QED) is 0.632. The molecule has 1 aliphatic rings. The van der Waals surface area contributed by atoms with Gasteiger partial charge in [0.15, 0.2) is 5.96 Å². The lowest BCUT2D eigenvalue weighted by Gasteiger charge is -2.24. The Morgan fingerprint density at radius 1 is 1.44 bits per heavy atom. The fourth-order valence-electron chi connectivity index (χ4n) is 3.08. The highest BCUT2D eigenvalue weighted by atomic mass is 35.5. The molecule has 1 atom stereocenters. The maximum Gasteiger partial charge on any atom is 0.401 e. The van der Waals surface area contributed by atoms with Gasteiger partial charge in [0.25, 0.3) is 0 Å². The van der Waals surface area contributed by atoms with Crippen molar-refractivity contribution in [1.82, 2.24) is 15.1 Å². The van der Waals surface area contributed by atoms with Crippen LogP contribution in [-0.2, 0) is 6.54 Å². The van der Waals surface area contributed by atoms with Crippen LogP contribution in [0.2, 0.25) is 5.02 Å². The molecule has 1 saturated heterocycles. The molecule has 0 radical (unpaired) electrons. The Labute approximate surface area is 151 Å². The molecule has 1 unspecified atom stereocenters. The number of aliphatic imine (C=N–C) groups is 1. The van der Waals surface area contributed by atoms with Crippen LogP contribution >= 0.6 is 11.6 Å². The van der Waals surface area contributed by atoms with Crippen molar-refractivity contribution < 1.29 is 13.2 Å². The highest BCUT2D eigenvalue weighted by molar-refractivity contribution is 6.30. The van der Waals surface area contributed by atoms with Crippen LogP contribution in [-0.4, -0.2) is 62.2 Å². The number of nitrogens with one attached hydrogen (secondary N) is 1. The Hall–Kier alpha value is -1.47. The number of halogens is 4. The van der Waals surface area contributed by atoms with Gasteiger partial charge < -0.3 is 10.2 Å². The summed E-state index contributed by atoms with van der Waals surface area (Å²) in [6, 6.07) is 7.61.